The van der Waals surface area contributed by atoms with E-state index in [-0.39, 0.29) is 11.6 Å². The summed E-state index contributed by atoms with van der Waals surface area (Å²) in [4.78, 5) is 0. The predicted molar refractivity (Wildman–Crippen MR) is 40.5 cm³/mol. The molecule has 1 rings (SSSR count). The van der Waals surface area contributed by atoms with Crippen molar-refractivity contribution in [3.63, 3.8) is 0 Å². The molecule has 68 valence electrons. The summed E-state index contributed by atoms with van der Waals surface area (Å²) in [5.41, 5.74) is 0.402. The van der Waals surface area contributed by atoms with Crippen LogP contribution in [-0.4, -0.2) is 23.3 Å². The zero-order valence-corrected chi connectivity index (χ0v) is 7.24. The van der Waals surface area contributed by atoms with Gasteiger partial charge in [0.2, 0.25) is 0 Å². The monoisotopic (exact) mass is 191 g/mol. The van der Waals surface area contributed by atoms with E-state index in [1.165, 1.54) is 17.8 Å². The van der Waals surface area contributed by atoms with Crippen LogP contribution in [0.4, 0.5) is 0 Å². The standard InChI is InChI=1S/C5H9N3O3S/c1-8-4(3-9)2-5(7-8)12(6,10)11/h2,9H,3H2,1H3,(H2,6,10,11). The lowest BCUT2D eigenvalue weighted by atomic mass is 10.5. The summed E-state index contributed by atoms with van der Waals surface area (Å²) in [5, 5.41) is 16.9. The molecule has 0 unspecified atom stereocenters. The van der Waals surface area contributed by atoms with Crippen molar-refractivity contribution in [3.8, 4) is 0 Å². The van der Waals surface area contributed by atoms with Crippen molar-refractivity contribution < 1.29 is 13.5 Å². The van der Waals surface area contributed by atoms with Gasteiger partial charge >= 0.3 is 0 Å². The first-order chi connectivity index (χ1) is 5.45. The van der Waals surface area contributed by atoms with E-state index in [0.29, 0.717) is 5.69 Å². The lowest BCUT2D eigenvalue weighted by molar-refractivity contribution is 0.270. The van der Waals surface area contributed by atoms with Crippen LogP contribution in [0, 0.1) is 0 Å². The van der Waals surface area contributed by atoms with Gasteiger partial charge in [0.25, 0.3) is 10.0 Å². The molecule has 1 heterocycles. The van der Waals surface area contributed by atoms with Crippen molar-refractivity contribution in [1.82, 2.24) is 9.78 Å². The Bertz CT molecular complexity index is 381. The zero-order chi connectivity index (χ0) is 9.35. The molecule has 0 spiro atoms. The van der Waals surface area contributed by atoms with Gasteiger partial charge in [0, 0.05) is 13.1 Å². The molecule has 0 aliphatic rings. The largest absolute Gasteiger partial charge is 0.390 e. The van der Waals surface area contributed by atoms with E-state index in [4.69, 9.17) is 10.2 Å². The number of aryl methyl sites for hydroxylation is 1. The van der Waals surface area contributed by atoms with Crippen LogP contribution in [0.3, 0.4) is 0 Å². The lowest BCUT2D eigenvalue weighted by Gasteiger charge is -1.92. The second-order valence-electron chi connectivity index (χ2n) is 2.30. The van der Waals surface area contributed by atoms with Crippen molar-refractivity contribution in [2.75, 3.05) is 0 Å². The summed E-state index contributed by atoms with van der Waals surface area (Å²) in [6, 6.07) is 1.23. The Hall–Kier alpha value is -0.920. The number of primary sulfonamides is 1. The smallest absolute Gasteiger partial charge is 0.257 e. The number of aliphatic hydroxyl groups excluding tert-OH is 1. The maximum Gasteiger partial charge on any atom is 0.257 e. The first-order valence-corrected chi connectivity index (χ1v) is 4.66. The van der Waals surface area contributed by atoms with Gasteiger partial charge in [-0.2, -0.15) is 5.10 Å². The molecule has 0 atom stereocenters. The van der Waals surface area contributed by atoms with Crippen molar-refractivity contribution in [3.05, 3.63) is 11.8 Å². The molecule has 1 aromatic heterocycles. The van der Waals surface area contributed by atoms with Gasteiger partial charge in [-0.1, -0.05) is 0 Å². The molecule has 3 N–H and O–H groups in total. The normalized spacial score (nSPS) is 11.9. The molecule has 6 nitrogen and oxygen atoms in total. The zero-order valence-electron chi connectivity index (χ0n) is 6.43. The molecule has 0 aliphatic heterocycles. The molecule has 0 saturated carbocycles. The van der Waals surface area contributed by atoms with Gasteiger partial charge in [0.15, 0.2) is 5.03 Å². The number of sulfonamides is 1. The first-order valence-electron chi connectivity index (χ1n) is 3.11. The van der Waals surface area contributed by atoms with Crippen molar-refractivity contribution >= 4 is 10.0 Å². The van der Waals surface area contributed by atoms with Crippen LogP contribution in [0.15, 0.2) is 11.1 Å². The Morgan fingerprint density at radius 1 is 1.75 bits per heavy atom. The number of nitrogens with two attached hydrogens (primary N) is 1. The SMILES string of the molecule is Cn1nc(S(N)(=O)=O)cc1CO. The van der Waals surface area contributed by atoms with Crippen molar-refractivity contribution in [2.45, 2.75) is 11.6 Å². The Labute approximate surface area is 69.7 Å². The van der Waals surface area contributed by atoms with Crippen molar-refractivity contribution in [2.24, 2.45) is 12.2 Å². The van der Waals surface area contributed by atoms with Gasteiger partial charge in [-0.3, -0.25) is 4.68 Å². The van der Waals surface area contributed by atoms with E-state index >= 15 is 0 Å². The predicted octanol–water partition coefficient (Wildman–Crippen LogP) is -1.44. The molecule has 1 aromatic rings. The molecule has 0 saturated heterocycles. The van der Waals surface area contributed by atoms with E-state index in [0.717, 1.165) is 0 Å². The number of hydrogen-bond donors (Lipinski definition) is 2. The molecule has 0 aliphatic carbocycles. The van der Waals surface area contributed by atoms with Crippen LogP contribution in [0.2, 0.25) is 0 Å². The van der Waals surface area contributed by atoms with Crippen molar-refractivity contribution in [1.29, 1.82) is 0 Å². The molecule has 0 bridgehead atoms. The third-order valence-electron chi connectivity index (χ3n) is 1.41. The highest BCUT2D eigenvalue weighted by Crippen LogP contribution is 2.06. The minimum Gasteiger partial charge on any atom is -0.390 e. The minimum absolute atomic E-state index is 0.228. The second-order valence-corrected chi connectivity index (χ2v) is 3.81. The Kier molecular flexibility index (Phi) is 2.18. The Morgan fingerprint density at radius 2 is 2.33 bits per heavy atom. The summed E-state index contributed by atoms with van der Waals surface area (Å²) in [6.07, 6.45) is 0. The maximum atomic E-state index is 10.7. The minimum atomic E-state index is -3.76. The lowest BCUT2D eigenvalue weighted by Crippen LogP contribution is -2.13. The average molecular weight is 191 g/mol. The van der Waals surface area contributed by atoms with E-state index in [9.17, 15) is 8.42 Å². The third kappa shape index (κ3) is 1.63. The first kappa shape index (κ1) is 9.17. The summed E-state index contributed by atoms with van der Waals surface area (Å²) in [5.74, 6) is 0. The van der Waals surface area contributed by atoms with Gasteiger partial charge in [0.05, 0.1) is 12.3 Å². The highest BCUT2D eigenvalue weighted by molar-refractivity contribution is 7.89. The van der Waals surface area contributed by atoms with Gasteiger partial charge in [-0.25, -0.2) is 13.6 Å². The van der Waals surface area contributed by atoms with Gasteiger partial charge < -0.3 is 5.11 Å². The van der Waals surface area contributed by atoms with Crippen LogP contribution in [0.1, 0.15) is 5.69 Å². The van der Waals surface area contributed by atoms with E-state index in [2.05, 4.69) is 5.10 Å². The molecule has 12 heavy (non-hydrogen) atoms. The van der Waals surface area contributed by atoms with Crippen LogP contribution in [0.5, 0.6) is 0 Å². The van der Waals surface area contributed by atoms with Crippen LogP contribution in [0.25, 0.3) is 0 Å². The summed E-state index contributed by atoms with van der Waals surface area (Å²) < 4.78 is 22.7. The second kappa shape index (κ2) is 2.85. The van der Waals surface area contributed by atoms with E-state index in [1.807, 2.05) is 0 Å². The van der Waals surface area contributed by atoms with Gasteiger partial charge in [-0.05, 0) is 0 Å². The fourth-order valence-electron chi connectivity index (χ4n) is 0.764. The van der Waals surface area contributed by atoms with Crippen LogP contribution >= 0.6 is 0 Å². The Morgan fingerprint density at radius 3 is 2.58 bits per heavy atom. The number of hydrogen-bond acceptors (Lipinski definition) is 4. The molecule has 0 aromatic carbocycles. The third-order valence-corrected chi connectivity index (χ3v) is 2.19. The molecule has 0 fully saturated rings. The van der Waals surface area contributed by atoms with Crippen LogP contribution < -0.4 is 5.14 Å². The molecule has 0 amide bonds. The quantitative estimate of drug-likeness (QED) is 0.598. The highest BCUT2D eigenvalue weighted by Gasteiger charge is 2.13. The summed E-state index contributed by atoms with van der Waals surface area (Å²) in [7, 11) is -2.23. The fourth-order valence-corrected chi connectivity index (χ4v) is 1.30. The fraction of sp³-hybridized carbons (Fsp3) is 0.400. The number of aliphatic hydroxyl groups is 1. The van der Waals surface area contributed by atoms with Gasteiger partial charge in [-0.15, -0.1) is 0 Å². The van der Waals surface area contributed by atoms with Crippen LogP contribution in [-0.2, 0) is 23.7 Å². The summed E-state index contributed by atoms with van der Waals surface area (Å²) >= 11 is 0. The maximum absolute atomic E-state index is 10.7. The van der Waals surface area contributed by atoms with E-state index in [1.54, 1.807) is 0 Å². The Balaban J connectivity index is 3.23. The molecule has 7 heteroatoms. The topological polar surface area (TPSA) is 98.2 Å². The summed E-state index contributed by atoms with van der Waals surface area (Å²) in [6.45, 7) is -0.265. The number of aromatic nitrogens is 2. The number of rotatable bonds is 2. The van der Waals surface area contributed by atoms with Gasteiger partial charge in [0.1, 0.15) is 0 Å². The number of nitrogens with zero attached hydrogens (tertiary/aromatic N) is 2. The van der Waals surface area contributed by atoms with E-state index < -0.39 is 10.0 Å². The average Bonchev–Trinajstić information content (AvgIpc) is 2.29. The molecular formula is C5H9N3O3S. The molecular weight excluding hydrogens is 182 g/mol. The highest BCUT2D eigenvalue weighted by atomic mass is 32.2. The molecule has 0 radical (unpaired) electrons.